The van der Waals surface area contributed by atoms with Crippen molar-refractivity contribution in [2.75, 3.05) is 4.90 Å². The number of allylic oxidation sites excluding steroid dienone is 4. The Morgan fingerprint density at radius 1 is 0.456 bits per heavy atom. The van der Waals surface area contributed by atoms with Crippen molar-refractivity contribution in [3.05, 3.63) is 235 Å². The van der Waals surface area contributed by atoms with E-state index in [-0.39, 0.29) is 5.92 Å². The van der Waals surface area contributed by atoms with E-state index in [4.69, 9.17) is 4.42 Å². The second-order valence-corrected chi connectivity index (χ2v) is 15.2. The largest absolute Gasteiger partial charge is 0.456 e. The molecule has 270 valence electrons. The summed E-state index contributed by atoms with van der Waals surface area (Å²) in [6.07, 6.45) is 10.1. The van der Waals surface area contributed by atoms with Crippen LogP contribution >= 0.6 is 0 Å². The molecule has 0 spiro atoms. The molecular weight excluding hydrogens is 691 g/mol. The van der Waals surface area contributed by atoms with E-state index in [0.717, 1.165) is 45.4 Å². The van der Waals surface area contributed by atoms with Crippen molar-refractivity contribution >= 4 is 39.0 Å². The first-order valence-corrected chi connectivity index (χ1v) is 19.9. The van der Waals surface area contributed by atoms with Gasteiger partial charge in [-0.25, -0.2) is 0 Å². The minimum Gasteiger partial charge on any atom is -0.456 e. The van der Waals surface area contributed by atoms with Crippen LogP contribution in [-0.2, 0) is 5.41 Å². The Labute approximate surface area is 333 Å². The molecule has 2 unspecified atom stereocenters. The first kappa shape index (κ1) is 33.2. The van der Waals surface area contributed by atoms with Crippen molar-refractivity contribution in [2.24, 2.45) is 5.92 Å². The summed E-state index contributed by atoms with van der Waals surface area (Å²) in [5.74, 6) is 0.155. The van der Waals surface area contributed by atoms with Crippen molar-refractivity contribution in [1.82, 2.24) is 0 Å². The zero-order valence-corrected chi connectivity index (χ0v) is 31.4. The molecule has 0 N–H and O–H groups in total. The SMILES string of the molecule is C1=CCC(C2(c3cccc4c3oc3ccccc34)c3ccccc3-c3c(N(c4ccc(-c5ccccc5)cc4)c4ccc(-c5ccccc5)cc4)cccc32)C=C1. The van der Waals surface area contributed by atoms with E-state index >= 15 is 0 Å². The molecule has 0 aliphatic heterocycles. The maximum atomic E-state index is 6.90. The Morgan fingerprint density at radius 3 is 1.70 bits per heavy atom. The first-order chi connectivity index (χ1) is 28.3. The molecular formula is C55H39NO. The van der Waals surface area contributed by atoms with Crippen LogP contribution in [0.3, 0.4) is 0 Å². The van der Waals surface area contributed by atoms with Gasteiger partial charge in [0.2, 0.25) is 0 Å². The van der Waals surface area contributed by atoms with E-state index in [1.54, 1.807) is 0 Å². The summed E-state index contributed by atoms with van der Waals surface area (Å²) in [5.41, 5.74) is 15.8. The van der Waals surface area contributed by atoms with Crippen molar-refractivity contribution in [1.29, 1.82) is 0 Å². The van der Waals surface area contributed by atoms with Crippen LogP contribution in [0.25, 0.3) is 55.3 Å². The Hall–Kier alpha value is -7.16. The minimum absolute atomic E-state index is 0.155. The van der Waals surface area contributed by atoms with Crippen molar-refractivity contribution < 1.29 is 4.42 Å². The number of fused-ring (bicyclic) bond motifs is 6. The third-order valence-corrected chi connectivity index (χ3v) is 12.2. The second kappa shape index (κ2) is 13.5. The molecule has 2 aliphatic rings. The average molecular weight is 730 g/mol. The number of nitrogens with zero attached hydrogens (tertiary/aromatic N) is 1. The highest BCUT2D eigenvalue weighted by Gasteiger charge is 2.51. The maximum absolute atomic E-state index is 6.90. The summed E-state index contributed by atoms with van der Waals surface area (Å²) in [5, 5.41) is 2.30. The van der Waals surface area contributed by atoms with E-state index < -0.39 is 5.41 Å². The Bertz CT molecular complexity index is 2890. The molecule has 0 bridgehead atoms. The van der Waals surface area contributed by atoms with Crippen LogP contribution in [0.1, 0.15) is 23.1 Å². The molecule has 2 aliphatic carbocycles. The second-order valence-electron chi connectivity index (χ2n) is 15.2. The van der Waals surface area contributed by atoms with Gasteiger partial charge in [0.25, 0.3) is 0 Å². The molecule has 9 aromatic rings. The van der Waals surface area contributed by atoms with E-state index in [1.165, 1.54) is 50.1 Å². The smallest absolute Gasteiger partial charge is 0.139 e. The molecule has 1 aromatic heterocycles. The predicted octanol–water partition coefficient (Wildman–Crippen LogP) is 14.8. The highest BCUT2D eigenvalue weighted by molar-refractivity contribution is 6.07. The fourth-order valence-corrected chi connectivity index (χ4v) is 9.67. The lowest BCUT2D eigenvalue weighted by atomic mass is 9.62. The van der Waals surface area contributed by atoms with Crippen LogP contribution < -0.4 is 4.90 Å². The fourth-order valence-electron chi connectivity index (χ4n) is 9.67. The first-order valence-electron chi connectivity index (χ1n) is 19.9. The maximum Gasteiger partial charge on any atom is 0.139 e. The standard InChI is InChI=1S/C55H39NO/c1-4-16-38(17-5-1)40-30-34-43(35-31-40)56(44-36-32-41(33-37-44)39-18-6-2-7-19-39)51-28-15-26-49-53(51)47-23-10-12-25-48(47)55(49,42-20-8-3-9-21-42)50-27-14-24-46-45-22-11-13-29-52(45)57-54(46)50/h1-20,22-37,42H,21H2. The van der Waals surface area contributed by atoms with Crippen LogP contribution in [0.4, 0.5) is 17.1 Å². The van der Waals surface area contributed by atoms with Gasteiger partial charge < -0.3 is 9.32 Å². The number of rotatable bonds is 7. The van der Waals surface area contributed by atoms with Crippen LogP contribution in [-0.4, -0.2) is 0 Å². The Kier molecular flexibility index (Phi) is 7.89. The lowest BCUT2D eigenvalue weighted by Gasteiger charge is -2.39. The number of para-hydroxylation sites is 2. The van der Waals surface area contributed by atoms with Crippen molar-refractivity contribution in [2.45, 2.75) is 11.8 Å². The predicted molar refractivity (Wildman–Crippen MR) is 237 cm³/mol. The molecule has 57 heavy (non-hydrogen) atoms. The summed E-state index contributed by atoms with van der Waals surface area (Å²) in [7, 11) is 0. The number of hydrogen-bond acceptors (Lipinski definition) is 2. The Morgan fingerprint density at radius 2 is 1.02 bits per heavy atom. The summed E-state index contributed by atoms with van der Waals surface area (Å²) in [4.78, 5) is 2.45. The molecule has 0 saturated heterocycles. The van der Waals surface area contributed by atoms with Gasteiger partial charge in [0.05, 0.1) is 11.1 Å². The quantitative estimate of drug-likeness (QED) is 0.162. The van der Waals surface area contributed by atoms with E-state index in [2.05, 4.69) is 223 Å². The van der Waals surface area contributed by atoms with Crippen LogP contribution in [0.15, 0.2) is 223 Å². The molecule has 0 fully saturated rings. The number of furan rings is 1. The van der Waals surface area contributed by atoms with Gasteiger partial charge >= 0.3 is 0 Å². The fraction of sp³-hybridized carbons (Fsp3) is 0.0545. The third kappa shape index (κ3) is 5.25. The molecule has 8 aromatic carbocycles. The number of hydrogen-bond donors (Lipinski definition) is 0. The van der Waals surface area contributed by atoms with Crippen LogP contribution in [0.2, 0.25) is 0 Å². The molecule has 11 rings (SSSR count). The Balaban J connectivity index is 1.17. The molecule has 1 heterocycles. The lowest BCUT2D eigenvalue weighted by molar-refractivity contribution is 0.455. The van der Waals surface area contributed by atoms with Crippen LogP contribution in [0, 0.1) is 5.92 Å². The van der Waals surface area contributed by atoms with Gasteiger partial charge in [-0.1, -0.05) is 182 Å². The zero-order chi connectivity index (χ0) is 37.8. The van der Waals surface area contributed by atoms with Gasteiger partial charge in [0, 0.05) is 33.3 Å². The molecule has 2 atom stereocenters. The molecule has 0 amide bonds. The molecule has 0 saturated carbocycles. The summed E-state index contributed by atoms with van der Waals surface area (Å²) in [6, 6.07) is 70.6. The van der Waals surface area contributed by atoms with E-state index in [1.807, 2.05) is 0 Å². The molecule has 2 nitrogen and oxygen atoms in total. The van der Waals surface area contributed by atoms with Gasteiger partial charge in [-0.2, -0.15) is 0 Å². The molecule has 0 radical (unpaired) electrons. The van der Waals surface area contributed by atoms with Gasteiger partial charge in [-0.3, -0.25) is 0 Å². The van der Waals surface area contributed by atoms with Crippen LogP contribution in [0.5, 0.6) is 0 Å². The van der Waals surface area contributed by atoms with Crippen molar-refractivity contribution in [3.63, 3.8) is 0 Å². The third-order valence-electron chi connectivity index (χ3n) is 12.2. The molecule has 2 heteroatoms. The zero-order valence-electron chi connectivity index (χ0n) is 31.4. The number of anilines is 3. The lowest BCUT2D eigenvalue weighted by Crippen LogP contribution is -2.35. The van der Waals surface area contributed by atoms with Gasteiger partial charge in [-0.15, -0.1) is 0 Å². The highest BCUT2D eigenvalue weighted by Crippen LogP contribution is 2.62. The van der Waals surface area contributed by atoms with Crippen molar-refractivity contribution in [3.8, 4) is 33.4 Å². The van der Waals surface area contributed by atoms with E-state index in [9.17, 15) is 0 Å². The van der Waals surface area contributed by atoms with Gasteiger partial charge in [-0.05, 0) is 87.7 Å². The van der Waals surface area contributed by atoms with Gasteiger partial charge in [0.15, 0.2) is 0 Å². The minimum atomic E-state index is -0.517. The number of benzene rings is 8. The van der Waals surface area contributed by atoms with E-state index in [0.29, 0.717) is 0 Å². The summed E-state index contributed by atoms with van der Waals surface area (Å²) >= 11 is 0. The average Bonchev–Trinajstić information content (AvgIpc) is 3.83. The topological polar surface area (TPSA) is 16.4 Å². The normalized spacial score (nSPS) is 16.8. The highest BCUT2D eigenvalue weighted by atomic mass is 16.3. The summed E-state index contributed by atoms with van der Waals surface area (Å²) < 4.78 is 6.90. The van der Waals surface area contributed by atoms with Gasteiger partial charge in [0.1, 0.15) is 11.2 Å². The summed E-state index contributed by atoms with van der Waals surface area (Å²) in [6.45, 7) is 0. The monoisotopic (exact) mass is 729 g/mol.